The third-order valence-corrected chi connectivity index (χ3v) is 4.50. The van der Waals surface area contributed by atoms with Crippen LogP contribution in [0.1, 0.15) is 13.8 Å². The molecule has 0 amide bonds. The maximum Gasteiger partial charge on any atom is 0.361 e. The summed E-state index contributed by atoms with van der Waals surface area (Å²) in [5, 5.41) is 0. The van der Waals surface area contributed by atoms with E-state index in [1.807, 2.05) is 20.4 Å². The van der Waals surface area contributed by atoms with Crippen LogP contribution in [0.5, 0.6) is 0 Å². The largest absolute Gasteiger partial charge is 0.393 e. The van der Waals surface area contributed by atoms with Crippen molar-refractivity contribution in [3.63, 3.8) is 0 Å². The molecule has 1 unspecified atom stereocenters. The van der Waals surface area contributed by atoms with Crippen molar-refractivity contribution in [1.82, 2.24) is 0 Å². The molecule has 14 heavy (non-hydrogen) atoms. The van der Waals surface area contributed by atoms with E-state index in [1.54, 1.807) is 0 Å². The lowest BCUT2D eigenvalue weighted by molar-refractivity contribution is 0.0991. The minimum atomic E-state index is -2.07. The predicted molar refractivity (Wildman–Crippen MR) is 55.4 cm³/mol. The summed E-state index contributed by atoms with van der Waals surface area (Å²) in [6.45, 7) is 8.87. The Kier molecular flexibility index (Phi) is 5.04. The normalized spacial score (nSPS) is 21.2. The standard InChI is InChI=1S/C9H20O4Si/c1-4-12-14(3,13-5-2)8-10-6-9-7-11-9/h9H,4-8H2,1-3H3. The van der Waals surface area contributed by atoms with Gasteiger partial charge in [0.05, 0.1) is 19.4 Å². The molecule has 0 aromatic rings. The summed E-state index contributed by atoms with van der Waals surface area (Å²) in [5.41, 5.74) is 0. The molecular formula is C9H20O4Si. The summed E-state index contributed by atoms with van der Waals surface area (Å²) in [6.07, 6.45) is 0.908. The van der Waals surface area contributed by atoms with Crippen molar-refractivity contribution in [3.8, 4) is 0 Å². The molecule has 1 heterocycles. The highest BCUT2D eigenvalue weighted by Crippen LogP contribution is 2.12. The van der Waals surface area contributed by atoms with Crippen LogP contribution in [0.25, 0.3) is 0 Å². The van der Waals surface area contributed by atoms with Crippen LogP contribution in [0.15, 0.2) is 0 Å². The molecule has 0 aliphatic carbocycles. The van der Waals surface area contributed by atoms with Crippen LogP contribution in [0.4, 0.5) is 0 Å². The molecular weight excluding hydrogens is 200 g/mol. The molecule has 4 nitrogen and oxygen atoms in total. The van der Waals surface area contributed by atoms with Crippen LogP contribution in [-0.2, 0) is 18.3 Å². The predicted octanol–water partition coefficient (Wildman–Crippen LogP) is 1.09. The van der Waals surface area contributed by atoms with Crippen molar-refractivity contribution < 1.29 is 18.3 Å². The second-order valence-corrected chi connectivity index (χ2v) is 6.60. The van der Waals surface area contributed by atoms with Crippen LogP contribution in [-0.4, -0.2) is 47.3 Å². The molecule has 1 fully saturated rings. The van der Waals surface area contributed by atoms with Crippen molar-refractivity contribution in [3.05, 3.63) is 0 Å². The fraction of sp³-hybridized carbons (Fsp3) is 1.00. The number of hydrogen-bond acceptors (Lipinski definition) is 4. The third kappa shape index (κ3) is 4.52. The van der Waals surface area contributed by atoms with E-state index >= 15 is 0 Å². The Hall–Kier alpha value is 0.0569. The molecule has 0 N–H and O–H groups in total. The van der Waals surface area contributed by atoms with E-state index in [9.17, 15) is 0 Å². The smallest absolute Gasteiger partial charge is 0.361 e. The second kappa shape index (κ2) is 5.82. The maximum atomic E-state index is 5.62. The van der Waals surface area contributed by atoms with E-state index in [0.717, 1.165) is 6.61 Å². The topological polar surface area (TPSA) is 40.2 Å². The van der Waals surface area contributed by atoms with Gasteiger partial charge in [0, 0.05) is 13.2 Å². The highest BCUT2D eigenvalue weighted by Gasteiger charge is 2.32. The monoisotopic (exact) mass is 220 g/mol. The van der Waals surface area contributed by atoms with Gasteiger partial charge in [-0.15, -0.1) is 0 Å². The average molecular weight is 220 g/mol. The molecule has 84 valence electrons. The zero-order valence-corrected chi connectivity index (χ0v) is 10.2. The average Bonchev–Trinajstić information content (AvgIpc) is 2.89. The molecule has 1 atom stereocenters. The first-order chi connectivity index (χ1) is 6.70. The van der Waals surface area contributed by atoms with E-state index in [1.165, 1.54) is 0 Å². The van der Waals surface area contributed by atoms with Crippen LogP contribution >= 0.6 is 0 Å². The number of epoxide rings is 1. The summed E-state index contributed by atoms with van der Waals surface area (Å²) in [4.78, 5) is 0. The Balaban J connectivity index is 2.17. The highest BCUT2D eigenvalue weighted by atomic mass is 28.4. The molecule has 0 saturated carbocycles. The molecule has 0 aromatic carbocycles. The minimum absolute atomic E-state index is 0.316. The van der Waals surface area contributed by atoms with Gasteiger partial charge < -0.3 is 18.3 Å². The van der Waals surface area contributed by atoms with E-state index in [-0.39, 0.29) is 0 Å². The molecule has 1 saturated heterocycles. The first-order valence-electron chi connectivity index (χ1n) is 5.17. The van der Waals surface area contributed by atoms with Crippen LogP contribution < -0.4 is 0 Å². The van der Waals surface area contributed by atoms with E-state index < -0.39 is 8.56 Å². The quantitative estimate of drug-likeness (QED) is 0.453. The molecule has 0 radical (unpaired) electrons. The Morgan fingerprint density at radius 1 is 1.29 bits per heavy atom. The Morgan fingerprint density at radius 2 is 1.86 bits per heavy atom. The Labute approximate surface area is 86.7 Å². The molecule has 5 heteroatoms. The van der Waals surface area contributed by atoms with Crippen molar-refractivity contribution >= 4 is 8.56 Å². The van der Waals surface area contributed by atoms with Gasteiger partial charge in [-0.3, -0.25) is 0 Å². The zero-order valence-electron chi connectivity index (χ0n) is 9.25. The Bertz CT molecular complexity index is 155. The first kappa shape index (κ1) is 12.1. The molecule has 0 aromatic heterocycles. The van der Waals surface area contributed by atoms with Crippen LogP contribution in [0, 0.1) is 0 Å². The van der Waals surface area contributed by atoms with Gasteiger partial charge in [-0.1, -0.05) is 0 Å². The second-order valence-electron chi connectivity index (χ2n) is 3.47. The lowest BCUT2D eigenvalue weighted by Crippen LogP contribution is -2.44. The molecule has 1 rings (SSSR count). The summed E-state index contributed by atoms with van der Waals surface area (Å²) < 4.78 is 21.8. The van der Waals surface area contributed by atoms with Crippen molar-refractivity contribution in [2.45, 2.75) is 26.5 Å². The van der Waals surface area contributed by atoms with E-state index in [2.05, 4.69) is 0 Å². The number of rotatable bonds is 8. The minimum Gasteiger partial charge on any atom is -0.393 e. The van der Waals surface area contributed by atoms with Gasteiger partial charge in [-0.05, 0) is 20.4 Å². The van der Waals surface area contributed by atoms with E-state index in [0.29, 0.717) is 32.2 Å². The van der Waals surface area contributed by atoms with E-state index in [4.69, 9.17) is 18.3 Å². The molecule has 1 aliphatic rings. The summed E-state index contributed by atoms with van der Waals surface area (Å²) in [7, 11) is -2.07. The maximum absolute atomic E-state index is 5.62. The first-order valence-corrected chi connectivity index (χ1v) is 7.70. The van der Waals surface area contributed by atoms with Crippen molar-refractivity contribution in [2.24, 2.45) is 0 Å². The van der Waals surface area contributed by atoms with Gasteiger partial charge >= 0.3 is 8.56 Å². The highest BCUT2D eigenvalue weighted by molar-refractivity contribution is 6.65. The zero-order chi connectivity index (χ0) is 10.4. The molecule has 0 bridgehead atoms. The number of ether oxygens (including phenoxy) is 2. The van der Waals surface area contributed by atoms with Gasteiger partial charge in [0.1, 0.15) is 6.10 Å². The van der Waals surface area contributed by atoms with Crippen LogP contribution in [0.3, 0.4) is 0 Å². The lowest BCUT2D eigenvalue weighted by atomic mass is 10.5. The summed E-state index contributed by atoms with van der Waals surface area (Å²) in [6, 6.07) is 0. The van der Waals surface area contributed by atoms with Crippen molar-refractivity contribution in [2.75, 3.05) is 32.7 Å². The van der Waals surface area contributed by atoms with Crippen LogP contribution in [0.2, 0.25) is 6.55 Å². The fourth-order valence-corrected chi connectivity index (χ4v) is 3.24. The van der Waals surface area contributed by atoms with Gasteiger partial charge in [0.2, 0.25) is 0 Å². The molecule has 0 spiro atoms. The molecule has 1 aliphatic heterocycles. The third-order valence-electron chi connectivity index (χ3n) is 1.97. The Morgan fingerprint density at radius 3 is 2.29 bits per heavy atom. The number of hydrogen-bond donors (Lipinski definition) is 0. The SMILES string of the molecule is CCO[Si](C)(COCC1CO1)OCC. The van der Waals surface area contributed by atoms with Gasteiger partial charge in [0.25, 0.3) is 0 Å². The van der Waals surface area contributed by atoms with Gasteiger partial charge in [0.15, 0.2) is 0 Å². The van der Waals surface area contributed by atoms with Gasteiger partial charge in [-0.25, -0.2) is 0 Å². The summed E-state index contributed by atoms with van der Waals surface area (Å²) in [5.74, 6) is 0. The van der Waals surface area contributed by atoms with Crippen molar-refractivity contribution in [1.29, 1.82) is 0 Å². The fourth-order valence-electron chi connectivity index (χ4n) is 1.28. The summed E-state index contributed by atoms with van der Waals surface area (Å²) >= 11 is 0. The van der Waals surface area contributed by atoms with Gasteiger partial charge in [-0.2, -0.15) is 0 Å². The lowest BCUT2D eigenvalue weighted by Gasteiger charge is -2.25.